The Hall–Kier alpha value is -1.06. The summed E-state index contributed by atoms with van der Waals surface area (Å²) in [5, 5.41) is 13.7. The smallest absolute Gasteiger partial charge is 0.201 e. The molecule has 0 saturated carbocycles. The molecule has 20 heavy (non-hydrogen) atoms. The van der Waals surface area contributed by atoms with Crippen LogP contribution in [0.2, 0.25) is 0 Å². The first-order valence-corrected chi connectivity index (χ1v) is 7.96. The Morgan fingerprint density at radius 1 is 1.40 bits per heavy atom. The van der Waals surface area contributed by atoms with Gasteiger partial charge in [-0.3, -0.25) is 0 Å². The van der Waals surface area contributed by atoms with Gasteiger partial charge in [0, 0.05) is 19.6 Å². The van der Waals surface area contributed by atoms with E-state index in [0.29, 0.717) is 10.9 Å². The van der Waals surface area contributed by atoms with Crippen molar-refractivity contribution in [1.29, 1.82) is 0 Å². The summed E-state index contributed by atoms with van der Waals surface area (Å²) in [5.74, 6) is -0.426. The normalized spacial score (nSPS) is 16.6. The molecule has 3 rings (SSSR count). The van der Waals surface area contributed by atoms with E-state index < -0.39 is 12.2 Å². The Morgan fingerprint density at radius 3 is 2.85 bits per heavy atom. The summed E-state index contributed by atoms with van der Waals surface area (Å²) in [6.45, 7) is 1.78. The summed E-state index contributed by atoms with van der Waals surface area (Å²) in [7, 11) is 0. The third-order valence-electron chi connectivity index (χ3n) is 2.50. The molecule has 4 nitrogen and oxygen atoms in total. The molecule has 0 saturated heterocycles. The van der Waals surface area contributed by atoms with Crippen LogP contribution in [-0.4, -0.2) is 20.6 Å². The number of fused-ring (bicyclic) bond motifs is 1. The van der Waals surface area contributed by atoms with Crippen molar-refractivity contribution >= 4 is 50.8 Å². The van der Waals surface area contributed by atoms with E-state index in [1.165, 1.54) is 11.8 Å². The van der Waals surface area contributed by atoms with Crippen molar-refractivity contribution in [2.24, 2.45) is 5.10 Å². The van der Waals surface area contributed by atoms with E-state index in [9.17, 15) is 8.78 Å². The van der Waals surface area contributed by atoms with Crippen molar-refractivity contribution < 1.29 is 8.78 Å². The lowest BCUT2D eigenvalue weighted by atomic mass is 10.3. The highest BCUT2D eigenvalue weighted by Gasteiger charge is 2.25. The fourth-order valence-corrected chi connectivity index (χ4v) is 3.93. The average Bonchev–Trinajstić information content (AvgIpc) is 2.96. The van der Waals surface area contributed by atoms with Crippen LogP contribution in [0.4, 0.5) is 8.78 Å². The van der Waals surface area contributed by atoms with E-state index in [1.807, 2.05) is 17.5 Å². The maximum atomic E-state index is 12.7. The monoisotopic (exact) mass is 376 g/mol. The third-order valence-corrected chi connectivity index (χ3v) is 5.21. The molecule has 1 aliphatic heterocycles. The van der Waals surface area contributed by atoms with E-state index in [-0.39, 0.29) is 0 Å². The van der Waals surface area contributed by atoms with E-state index >= 15 is 0 Å². The molecule has 0 atom stereocenters. The van der Waals surface area contributed by atoms with Crippen LogP contribution in [0.15, 0.2) is 31.1 Å². The molecule has 104 valence electrons. The standard InChI is InChI=1S/C11H7BrF2N4S2/c1-5-8(3-7-2-6(12)4-19-7)20-11-16-15-10(9(13)14)18(11)17-5/h2-4,9H,1H3/b8-3+. The first-order chi connectivity index (χ1) is 9.54. The number of halogens is 3. The average molecular weight is 377 g/mol. The van der Waals surface area contributed by atoms with Gasteiger partial charge in [-0.1, -0.05) is 0 Å². The summed E-state index contributed by atoms with van der Waals surface area (Å²) >= 11 is 6.26. The van der Waals surface area contributed by atoms with Crippen molar-refractivity contribution in [1.82, 2.24) is 14.9 Å². The van der Waals surface area contributed by atoms with Crippen molar-refractivity contribution in [2.45, 2.75) is 18.5 Å². The largest absolute Gasteiger partial charge is 0.299 e. The Morgan fingerprint density at radius 2 is 2.20 bits per heavy atom. The molecular weight excluding hydrogens is 370 g/mol. The van der Waals surface area contributed by atoms with Crippen LogP contribution in [0.3, 0.4) is 0 Å². The quantitative estimate of drug-likeness (QED) is 0.779. The minimum absolute atomic E-state index is 0.354. The van der Waals surface area contributed by atoms with E-state index in [4.69, 9.17) is 0 Å². The second-order valence-electron chi connectivity index (χ2n) is 3.92. The number of rotatable bonds is 2. The summed E-state index contributed by atoms with van der Waals surface area (Å²) in [5.41, 5.74) is 0.661. The highest BCUT2D eigenvalue weighted by atomic mass is 79.9. The van der Waals surface area contributed by atoms with Crippen LogP contribution in [-0.2, 0) is 0 Å². The van der Waals surface area contributed by atoms with Crippen LogP contribution in [0, 0.1) is 0 Å². The van der Waals surface area contributed by atoms with Crippen molar-refractivity contribution in [2.75, 3.05) is 0 Å². The van der Waals surface area contributed by atoms with Gasteiger partial charge >= 0.3 is 0 Å². The SMILES string of the molecule is CC1=Nn2c(nnc2C(F)F)S/C1=C/c1cc(Br)cs1. The van der Waals surface area contributed by atoms with Gasteiger partial charge in [0.15, 0.2) is 0 Å². The molecule has 9 heteroatoms. The van der Waals surface area contributed by atoms with Crippen LogP contribution >= 0.6 is 39.0 Å². The second-order valence-corrected chi connectivity index (χ2v) is 6.78. The van der Waals surface area contributed by atoms with Gasteiger partial charge in [0.25, 0.3) is 6.43 Å². The van der Waals surface area contributed by atoms with Crippen LogP contribution in [0.25, 0.3) is 6.08 Å². The lowest BCUT2D eigenvalue weighted by molar-refractivity contribution is 0.135. The predicted molar refractivity (Wildman–Crippen MR) is 79.3 cm³/mol. The number of thiophene rings is 1. The van der Waals surface area contributed by atoms with Gasteiger partial charge in [0.1, 0.15) is 0 Å². The van der Waals surface area contributed by atoms with Crippen LogP contribution in [0.5, 0.6) is 0 Å². The lowest BCUT2D eigenvalue weighted by Gasteiger charge is -2.13. The Kier molecular flexibility index (Phi) is 3.74. The molecule has 0 amide bonds. The van der Waals surface area contributed by atoms with Crippen molar-refractivity contribution in [3.8, 4) is 0 Å². The summed E-state index contributed by atoms with van der Waals surface area (Å²) in [4.78, 5) is 1.93. The summed E-state index contributed by atoms with van der Waals surface area (Å²) in [6.07, 6.45) is -0.730. The molecule has 0 spiro atoms. The number of thioether (sulfide) groups is 1. The Balaban J connectivity index is 1.98. The van der Waals surface area contributed by atoms with Gasteiger partial charge < -0.3 is 0 Å². The van der Waals surface area contributed by atoms with E-state index in [1.54, 1.807) is 18.3 Å². The van der Waals surface area contributed by atoms with Crippen LogP contribution in [0.1, 0.15) is 24.1 Å². The highest BCUT2D eigenvalue weighted by molar-refractivity contribution is 9.10. The van der Waals surface area contributed by atoms with Gasteiger partial charge in [-0.15, -0.1) is 21.5 Å². The zero-order chi connectivity index (χ0) is 14.3. The van der Waals surface area contributed by atoms with Crippen molar-refractivity contribution in [3.63, 3.8) is 0 Å². The number of hydrogen-bond acceptors (Lipinski definition) is 5. The maximum Gasteiger partial charge on any atom is 0.299 e. The number of aromatic nitrogens is 3. The molecule has 0 N–H and O–H groups in total. The third kappa shape index (κ3) is 2.57. The summed E-state index contributed by atoms with van der Waals surface area (Å²) < 4.78 is 27.6. The molecule has 2 aromatic rings. The minimum Gasteiger partial charge on any atom is -0.201 e. The number of allylic oxidation sites excluding steroid dienone is 1. The van der Waals surface area contributed by atoms with Gasteiger partial charge in [-0.25, -0.2) is 8.78 Å². The highest BCUT2D eigenvalue weighted by Crippen LogP contribution is 2.35. The zero-order valence-electron chi connectivity index (χ0n) is 10.0. The van der Waals surface area contributed by atoms with Crippen LogP contribution < -0.4 is 0 Å². The van der Waals surface area contributed by atoms with Gasteiger partial charge in [0.05, 0.1) is 5.71 Å². The molecule has 0 unspecified atom stereocenters. The fourth-order valence-electron chi connectivity index (χ4n) is 1.61. The molecule has 0 aliphatic carbocycles. The van der Waals surface area contributed by atoms with Gasteiger partial charge in [0.2, 0.25) is 11.0 Å². The molecular formula is C11H7BrF2N4S2. The number of hydrogen-bond donors (Lipinski definition) is 0. The van der Waals surface area contributed by atoms with E-state index in [0.717, 1.165) is 18.9 Å². The number of nitrogens with zero attached hydrogens (tertiary/aromatic N) is 4. The lowest BCUT2D eigenvalue weighted by Crippen LogP contribution is -2.09. The Bertz CT molecular complexity index is 720. The fraction of sp³-hybridized carbons (Fsp3) is 0.182. The molecule has 1 aliphatic rings. The molecule has 3 heterocycles. The minimum atomic E-state index is -2.69. The first-order valence-electron chi connectivity index (χ1n) is 5.47. The molecule has 0 fully saturated rings. The zero-order valence-corrected chi connectivity index (χ0v) is 13.3. The molecule has 2 aromatic heterocycles. The predicted octanol–water partition coefficient (Wildman–Crippen LogP) is 4.41. The Labute approximate surface area is 129 Å². The topological polar surface area (TPSA) is 43.1 Å². The molecule has 0 aromatic carbocycles. The summed E-state index contributed by atoms with van der Waals surface area (Å²) in [6, 6.07) is 1.98. The van der Waals surface area contributed by atoms with Gasteiger partial charge in [-0.2, -0.15) is 9.78 Å². The van der Waals surface area contributed by atoms with Gasteiger partial charge in [-0.05, 0) is 46.8 Å². The first kappa shape index (κ1) is 13.9. The number of alkyl halides is 2. The molecule has 0 radical (unpaired) electrons. The second kappa shape index (κ2) is 5.38. The molecule has 0 bridgehead atoms. The maximum absolute atomic E-state index is 12.7. The van der Waals surface area contributed by atoms with E-state index in [2.05, 4.69) is 31.2 Å². The van der Waals surface area contributed by atoms with Crippen molar-refractivity contribution in [3.05, 3.63) is 31.5 Å².